The van der Waals surface area contributed by atoms with Crippen molar-refractivity contribution in [1.82, 2.24) is 29.8 Å². The second-order valence-corrected chi connectivity index (χ2v) is 12.9. The summed E-state index contributed by atoms with van der Waals surface area (Å²) in [4.78, 5) is 15.8. The van der Waals surface area contributed by atoms with Gasteiger partial charge in [-0.15, -0.1) is 0 Å². The number of nitrogen functional groups attached to an aromatic ring is 1. The lowest BCUT2D eigenvalue weighted by atomic mass is 9.64. The van der Waals surface area contributed by atoms with E-state index in [-0.39, 0.29) is 22.5 Å². The lowest BCUT2D eigenvalue weighted by Crippen LogP contribution is -2.53. The van der Waals surface area contributed by atoms with E-state index in [0.29, 0.717) is 59.5 Å². The zero-order valence-corrected chi connectivity index (χ0v) is 24.1. The molecule has 0 aliphatic heterocycles. The summed E-state index contributed by atoms with van der Waals surface area (Å²) in [6, 6.07) is 3.80. The number of benzene rings is 1. The molecule has 9 nitrogen and oxygen atoms in total. The molecule has 0 bridgehead atoms. The van der Waals surface area contributed by atoms with Gasteiger partial charge in [-0.3, -0.25) is 0 Å². The van der Waals surface area contributed by atoms with E-state index in [4.69, 9.17) is 17.3 Å². The van der Waals surface area contributed by atoms with Gasteiger partial charge in [-0.25, -0.2) is 15.0 Å². The second-order valence-electron chi connectivity index (χ2n) is 12.5. The topological polar surface area (TPSA) is 138 Å². The molecular weight excluding hydrogens is 571 g/mol. The van der Waals surface area contributed by atoms with Crippen LogP contribution in [-0.2, 0) is 12.6 Å². The van der Waals surface area contributed by atoms with Crippen molar-refractivity contribution in [2.45, 2.75) is 75.9 Å². The maximum atomic E-state index is 13.2. The van der Waals surface area contributed by atoms with Crippen molar-refractivity contribution in [1.29, 1.82) is 0 Å². The van der Waals surface area contributed by atoms with Gasteiger partial charge in [0.25, 0.3) is 0 Å². The Labute approximate surface area is 245 Å². The summed E-state index contributed by atoms with van der Waals surface area (Å²) in [6.07, 6.45) is 1.13. The molecule has 0 spiro atoms. The number of imidazole rings is 1. The summed E-state index contributed by atoms with van der Waals surface area (Å²) < 4.78 is 41.4. The molecule has 2 aliphatic rings. The average Bonchev–Trinajstić information content (AvgIpc) is 3.57. The number of nitrogens with two attached hydrogens (primary N) is 1. The van der Waals surface area contributed by atoms with E-state index >= 15 is 0 Å². The van der Waals surface area contributed by atoms with E-state index in [0.717, 1.165) is 30.7 Å². The van der Waals surface area contributed by atoms with Crippen LogP contribution in [0, 0.1) is 17.8 Å². The van der Waals surface area contributed by atoms with E-state index in [2.05, 4.69) is 39.1 Å². The third-order valence-electron chi connectivity index (χ3n) is 9.46. The molecule has 0 radical (unpaired) electrons. The van der Waals surface area contributed by atoms with Gasteiger partial charge >= 0.3 is 6.18 Å². The summed E-state index contributed by atoms with van der Waals surface area (Å²) in [7, 11) is 0. The Morgan fingerprint density at radius 3 is 2.64 bits per heavy atom. The fourth-order valence-electron chi connectivity index (χ4n) is 6.70. The highest BCUT2D eigenvalue weighted by molar-refractivity contribution is 6.32. The van der Waals surface area contributed by atoms with Crippen LogP contribution in [0.5, 0.6) is 0 Å². The van der Waals surface area contributed by atoms with Crippen LogP contribution in [0.2, 0.25) is 5.02 Å². The SMILES string of the molecule is CC(C)(NC[C@H]1C[C@@H](n2ccc3c(N)ncnc32)[C@H](O)[C@@H]1O)C1CC(CCc2nc3cc(Cl)c(C(F)(F)F)cc3[nH]2)C1. The number of aromatic amines is 1. The third-order valence-corrected chi connectivity index (χ3v) is 9.77. The van der Waals surface area contributed by atoms with Crippen LogP contribution < -0.4 is 11.1 Å². The molecule has 4 aromatic rings. The maximum absolute atomic E-state index is 13.2. The van der Waals surface area contributed by atoms with Gasteiger partial charge in [0.2, 0.25) is 0 Å². The van der Waals surface area contributed by atoms with Gasteiger partial charge in [0.1, 0.15) is 29.7 Å². The first-order valence-corrected chi connectivity index (χ1v) is 14.6. The highest BCUT2D eigenvalue weighted by Gasteiger charge is 2.45. The molecule has 6 rings (SSSR count). The lowest BCUT2D eigenvalue weighted by Gasteiger charge is -2.46. The molecule has 2 aliphatic carbocycles. The van der Waals surface area contributed by atoms with E-state index in [1.807, 2.05) is 16.8 Å². The van der Waals surface area contributed by atoms with Gasteiger partial charge < -0.3 is 30.8 Å². The van der Waals surface area contributed by atoms with Crippen LogP contribution >= 0.6 is 11.6 Å². The molecule has 0 unspecified atom stereocenters. The van der Waals surface area contributed by atoms with Gasteiger partial charge in [-0.1, -0.05) is 11.6 Å². The fourth-order valence-corrected chi connectivity index (χ4v) is 6.96. The molecule has 2 fully saturated rings. The first-order valence-electron chi connectivity index (χ1n) is 14.3. The van der Waals surface area contributed by atoms with Gasteiger partial charge in [0.15, 0.2) is 0 Å². The molecule has 0 amide bonds. The molecule has 0 saturated heterocycles. The van der Waals surface area contributed by atoms with Crippen molar-refractivity contribution in [2.75, 3.05) is 12.3 Å². The standard InChI is InChI=1S/C29H35ClF3N7O2/c1-28(2,37-12-15-9-22(25(42)24(15)41)40-6-5-17-26(34)35-13-36-27(17)40)16-7-14(8-16)3-4-23-38-20-10-18(29(31,32)33)19(30)11-21(20)39-23/h5-6,10-11,13-16,22,24-25,37,41-42H,3-4,7-9,12H2,1-2H3,(H,38,39)(H2,34,35,36)/t14?,15-,16?,22-,24-,25+/m1/s1. The molecule has 3 heterocycles. The highest BCUT2D eigenvalue weighted by atomic mass is 35.5. The Bertz CT molecular complexity index is 1600. The number of fused-ring (bicyclic) bond motifs is 2. The number of hydrogen-bond acceptors (Lipinski definition) is 7. The first-order chi connectivity index (χ1) is 19.8. The molecule has 6 N–H and O–H groups in total. The number of aromatic nitrogens is 5. The van der Waals surface area contributed by atoms with Crippen molar-refractivity contribution in [3.05, 3.63) is 47.1 Å². The molecule has 13 heteroatoms. The summed E-state index contributed by atoms with van der Waals surface area (Å²) >= 11 is 5.84. The zero-order valence-electron chi connectivity index (χ0n) is 23.4. The van der Waals surface area contributed by atoms with E-state index in [1.54, 1.807) is 0 Å². The minimum Gasteiger partial charge on any atom is -0.390 e. The molecular formula is C29H35ClF3N7O2. The number of nitrogens with one attached hydrogen (secondary N) is 2. The molecule has 3 aromatic heterocycles. The fraction of sp³-hybridized carbons (Fsp3) is 0.552. The number of aliphatic hydroxyl groups excluding tert-OH is 2. The van der Waals surface area contributed by atoms with Gasteiger partial charge in [-0.2, -0.15) is 13.2 Å². The first kappa shape index (κ1) is 29.2. The van der Waals surface area contributed by atoms with E-state index in [1.165, 1.54) is 12.4 Å². The van der Waals surface area contributed by atoms with E-state index in [9.17, 15) is 23.4 Å². The van der Waals surface area contributed by atoms with Crippen molar-refractivity contribution >= 4 is 39.5 Å². The van der Waals surface area contributed by atoms with Gasteiger partial charge in [0.05, 0.1) is 39.2 Å². The van der Waals surface area contributed by atoms with Crippen LogP contribution in [0.25, 0.3) is 22.1 Å². The van der Waals surface area contributed by atoms with Crippen molar-refractivity contribution in [3.8, 4) is 0 Å². The summed E-state index contributed by atoms with van der Waals surface area (Å²) in [6.45, 7) is 4.91. The third kappa shape index (κ3) is 5.34. The Morgan fingerprint density at radius 1 is 1.14 bits per heavy atom. The zero-order chi connectivity index (χ0) is 30.0. The number of halogens is 4. The van der Waals surface area contributed by atoms with E-state index < -0.39 is 23.9 Å². The highest BCUT2D eigenvalue weighted by Crippen LogP contribution is 2.44. The monoisotopic (exact) mass is 605 g/mol. The number of alkyl halides is 3. The number of nitrogens with zero attached hydrogens (tertiary/aromatic N) is 4. The lowest BCUT2D eigenvalue weighted by molar-refractivity contribution is -0.137. The summed E-state index contributed by atoms with van der Waals surface area (Å²) in [5.74, 6) is 1.86. The van der Waals surface area contributed by atoms with Gasteiger partial charge in [-0.05, 0) is 69.6 Å². The maximum Gasteiger partial charge on any atom is 0.417 e. The van der Waals surface area contributed by atoms with Crippen LogP contribution in [0.3, 0.4) is 0 Å². The van der Waals surface area contributed by atoms with Crippen molar-refractivity contribution in [2.24, 2.45) is 17.8 Å². The Balaban J connectivity index is 1.01. The minimum atomic E-state index is -4.52. The van der Waals surface area contributed by atoms with Crippen LogP contribution in [-0.4, -0.2) is 59.0 Å². The molecule has 42 heavy (non-hydrogen) atoms. The largest absolute Gasteiger partial charge is 0.417 e. The quantitative estimate of drug-likeness (QED) is 0.193. The molecule has 1 aromatic carbocycles. The number of hydrogen-bond donors (Lipinski definition) is 5. The second kappa shape index (κ2) is 10.7. The molecule has 2 saturated carbocycles. The summed E-state index contributed by atoms with van der Waals surface area (Å²) in [5.41, 5.74) is 6.36. The predicted octanol–water partition coefficient (Wildman–Crippen LogP) is 4.87. The van der Waals surface area contributed by atoms with Crippen LogP contribution in [0.4, 0.5) is 19.0 Å². The molecule has 4 atom stereocenters. The predicted molar refractivity (Wildman–Crippen MR) is 154 cm³/mol. The Morgan fingerprint density at radius 2 is 1.90 bits per heavy atom. The normalized spacial score (nSPS) is 26.8. The number of H-pyrrole nitrogens is 1. The summed E-state index contributed by atoms with van der Waals surface area (Å²) in [5, 5.41) is 25.8. The Hall–Kier alpha value is -2.93. The smallest absolute Gasteiger partial charge is 0.390 e. The van der Waals surface area contributed by atoms with Crippen molar-refractivity contribution in [3.63, 3.8) is 0 Å². The number of anilines is 1. The number of aliphatic hydroxyl groups is 2. The Kier molecular flexibility index (Phi) is 7.40. The van der Waals surface area contributed by atoms with Crippen LogP contribution in [0.15, 0.2) is 30.7 Å². The minimum absolute atomic E-state index is 0.128. The number of rotatable bonds is 8. The van der Waals surface area contributed by atoms with Crippen molar-refractivity contribution < 1.29 is 23.4 Å². The number of aryl methyl sites for hydroxylation is 1. The molecule has 226 valence electrons. The van der Waals surface area contributed by atoms with Gasteiger partial charge in [0, 0.05) is 30.6 Å². The average molecular weight is 606 g/mol. The van der Waals surface area contributed by atoms with Crippen LogP contribution in [0.1, 0.15) is 57.0 Å².